The average Bonchev–Trinajstić information content (AvgIpc) is 2.65. The Morgan fingerprint density at radius 3 is 2.56 bits per heavy atom. The molecule has 0 bridgehead atoms. The molecule has 7 heteroatoms. The van der Waals surface area contributed by atoms with Gasteiger partial charge in [-0.1, -0.05) is 11.6 Å². The predicted molar refractivity (Wildman–Crippen MR) is 101 cm³/mol. The van der Waals surface area contributed by atoms with Gasteiger partial charge in [0.15, 0.2) is 0 Å². The maximum absolute atomic E-state index is 14.7. The van der Waals surface area contributed by atoms with E-state index < -0.39 is 22.4 Å². The topological polar surface area (TPSA) is 46.5 Å². The Hall–Kier alpha value is -2.05. The highest BCUT2D eigenvalue weighted by molar-refractivity contribution is 8.00. The molecule has 0 amide bonds. The number of aliphatic carboxylic acids is 1. The molecule has 1 atom stereocenters. The van der Waals surface area contributed by atoms with Crippen molar-refractivity contribution in [2.24, 2.45) is 0 Å². The summed E-state index contributed by atoms with van der Waals surface area (Å²) in [6, 6.07) is 10.2. The maximum Gasteiger partial charge on any atom is 0.335 e. The lowest BCUT2D eigenvalue weighted by molar-refractivity contribution is -0.133. The molecule has 1 aliphatic rings. The minimum Gasteiger partial charge on any atom is -0.501 e. The number of thioether (sulfide) groups is 1. The van der Waals surface area contributed by atoms with Crippen LogP contribution in [0.2, 0.25) is 5.02 Å². The van der Waals surface area contributed by atoms with E-state index in [0.29, 0.717) is 23.6 Å². The van der Waals surface area contributed by atoms with Crippen molar-refractivity contribution in [2.45, 2.75) is 28.9 Å². The summed E-state index contributed by atoms with van der Waals surface area (Å²) in [6.45, 7) is 0. The summed E-state index contributed by atoms with van der Waals surface area (Å²) in [4.78, 5) is 12.5. The standard InChI is InChI=1S/C20H17ClF2O3S/c1-26-18-8-9-20(11-15(18)19(24)25,16-10-13(22)4-7-17(16)23)27-14-5-2-12(21)3-6-14/h2-7,10H,8-9,11H2,1H3,(H,24,25). The van der Waals surface area contributed by atoms with Crippen LogP contribution in [0.15, 0.2) is 58.7 Å². The number of ether oxygens (including phenoxy) is 1. The first-order chi connectivity index (χ1) is 12.8. The van der Waals surface area contributed by atoms with E-state index in [1.165, 1.54) is 18.9 Å². The van der Waals surface area contributed by atoms with Gasteiger partial charge in [-0.2, -0.15) is 0 Å². The molecule has 0 radical (unpaired) electrons. The highest BCUT2D eigenvalue weighted by atomic mass is 35.5. The second kappa shape index (κ2) is 7.90. The number of rotatable bonds is 5. The summed E-state index contributed by atoms with van der Waals surface area (Å²) in [6.07, 6.45) is 0.731. The Morgan fingerprint density at radius 2 is 1.93 bits per heavy atom. The maximum atomic E-state index is 14.7. The van der Waals surface area contributed by atoms with Crippen molar-refractivity contribution in [3.8, 4) is 0 Å². The summed E-state index contributed by atoms with van der Waals surface area (Å²) in [5.41, 5.74) is 0.227. The number of methoxy groups -OCH3 is 1. The predicted octanol–water partition coefficient (Wildman–Crippen LogP) is 5.77. The minimum absolute atomic E-state index is 0.0131. The number of carboxylic acid groups (broad SMARTS) is 1. The van der Waals surface area contributed by atoms with Crippen molar-refractivity contribution >= 4 is 29.3 Å². The second-order valence-electron chi connectivity index (χ2n) is 6.26. The molecule has 0 spiro atoms. The van der Waals surface area contributed by atoms with Gasteiger partial charge in [-0.15, -0.1) is 11.8 Å². The van der Waals surface area contributed by atoms with E-state index in [9.17, 15) is 18.7 Å². The van der Waals surface area contributed by atoms with E-state index >= 15 is 0 Å². The van der Waals surface area contributed by atoms with Crippen LogP contribution in [0.1, 0.15) is 24.8 Å². The van der Waals surface area contributed by atoms with Gasteiger partial charge >= 0.3 is 5.97 Å². The van der Waals surface area contributed by atoms with Gasteiger partial charge in [0.25, 0.3) is 0 Å². The fourth-order valence-electron chi connectivity index (χ4n) is 3.31. The number of halogens is 3. The Bertz CT molecular complexity index is 899. The van der Waals surface area contributed by atoms with Crippen molar-refractivity contribution in [1.82, 2.24) is 0 Å². The number of carboxylic acids is 1. The molecule has 1 aliphatic carbocycles. The van der Waals surface area contributed by atoms with Crippen LogP contribution < -0.4 is 0 Å². The summed E-state index contributed by atoms with van der Waals surface area (Å²) < 4.78 is 32.8. The SMILES string of the molecule is COC1=C(C(=O)O)CC(Sc2ccc(Cl)cc2)(c2cc(F)ccc2F)CC1. The molecular formula is C20H17ClF2O3S. The van der Waals surface area contributed by atoms with E-state index in [2.05, 4.69) is 0 Å². The zero-order valence-corrected chi connectivity index (χ0v) is 16.0. The highest BCUT2D eigenvalue weighted by Crippen LogP contribution is 2.53. The van der Waals surface area contributed by atoms with Crippen molar-refractivity contribution in [1.29, 1.82) is 0 Å². The van der Waals surface area contributed by atoms with E-state index in [4.69, 9.17) is 16.3 Å². The molecule has 2 aromatic carbocycles. The normalized spacial score (nSPS) is 19.9. The average molecular weight is 411 g/mol. The van der Waals surface area contributed by atoms with Crippen LogP contribution in [0.3, 0.4) is 0 Å². The van der Waals surface area contributed by atoms with Crippen molar-refractivity contribution in [3.63, 3.8) is 0 Å². The number of hydrogen-bond acceptors (Lipinski definition) is 3. The van der Waals surface area contributed by atoms with Crippen LogP contribution in [0.5, 0.6) is 0 Å². The molecule has 3 nitrogen and oxygen atoms in total. The van der Waals surface area contributed by atoms with Crippen molar-refractivity contribution in [2.75, 3.05) is 7.11 Å². The largest absolute Gasteiger partial charge is 0.501 e. The number of hydrogen-bond donors (Lipinski definition) is 1. The molecule has 0 heterocycles. The van der Waals surface area contributed by atoms with E-state index in [-0.39, 0.29) is 17.6 Å². The molecule has 0 aliphatic heterocycles. The smallest absolute Gasteiger partial charge is 0.335 e. The van der Waals surface area contributed by atoms with Gasteiger partial charge in [0.05, 0.1) is 17.4 Å². The third-order valence-corrected chi connectivity index (χ3v) is 6.32. The molecule has 0 saturated carbocycles. The van der Waals surface area contributed by atoms with Crippen LogP contribution >= 0.6 is 23.4 Å². The molecule has 1 N–H and O–H groups in total. The molecule has 0 aromatic heterocycles. The molecule has 142 valence electrons. The van der Waals surface area contributed by atoms with Gasteiger partial charge in [0.2, 0.25) is 0 Å². The summed E-state index contributed by atoms with van der Waals surface area (Å²) in [7, 11) is 1.42. The second-order valence-corrected chi connectivity index (χ2v) is 8.16. The zero-order chi connectivity index (χ0) is 19.6. The van der Waals surface area contributed by atoms with Crippen LogP contribution in [0.25, 0.3) is 0 Å². The number of carbonyl (C=O) groups is 1. The van der Waals surface area contributed by atoms with Gasteiger partial charge in [0, 0.05) is 28.3 Å². The molecule has 3 rings (SSSR count). The van der Waals surface area contributed by atoms with Gasteiger partial charge < -0.3 is 9.84 Å². The van der Waals surface area contributed by atoms with Gasteiger partial charge in [0.1, 0.15) is 17.4 Å². The molecular weight excluding hydrogens is 394 g/mol. The zero-order valence-electron chi connectivity index (χ0n) is 14.5. The van der Waals surface area contributed by atoms with Crippen molar-refractivity contribution < 1.29 is 23.4 Å². The van der Waals surface area contributed by atoms with E-state index in [1.807, 2.05) is 0 Å². The third kappa shape index (κ3) is 4.12. The van der Waals surface area contributed by atoms with Gasteiger partial charge in [-0.25, -0.2) is 13.6 Å². The lowest BCUT2D eigenvalue weighted by atomic mass is 9.81. The summed E-state index contributed by atoms with van der Waals surface area (Å²) in [5.74, 6) is -1.89. The van der Waals surface area contributed by atoms with E-state index in [1.54, 1.807) is 24.3 Å². The number of allylic oxidation sites excluding steroid dienone is 1. The molecule has 0 fully saturated rings. The number of benzene rings is 2. The minimum atomic E-state index is -1.12. The molecule has 1 unspecified atom stereocenters. The van der Waals surface area contributed by atoms with Crippen LogP contribution in [-0.4, -0.2) is 18.2 Å². The highest BCUT2D eigenvalue weighted by Gasteiger charge is 2.42. The first kappa shape index (κ1) is 19.7. The lowest BCUT2D eigenvalue weighted by Gasteiger charge is -2.38. The Kier molecular flexibility index (Phi) is 5.77. The summed E-state index contributed by atoms with van der Waals surface area (Å²) >= 11 is 7.25. The van der Waals surface area contributed by atoms with Crippen LogP contribution in [-0.2, 0) is 14.3 Å². The van der Waals surface area contributed by atoms with Crippen LogP contribution in [0.4, 0.5) is 8.78 Å². The molecule has 27 heavy (non-hydrogen) atoms. The molecule has 0 saturated heterocycles. The Morgan fingerprint density at radius 1 is 1.22 bits per heavy atom. The Balaban J connectivity index is 2.12. The Labute approximate surface area is 165 Å². The van der Waals surface area contributed by atoms with Gasteiger partial charge in [-0.05, 0) is 48.9 Å². The van der Waals surface area contributed by atoms with Crippen molar-refractivity contribution in [3.05, 3.63) is 76.0 Å². The first-order valence-corrected chi connectivity index (χ1v) is 9.43. The quantitative estimate of drug-likeness (QED) is 0.679. The fraction of sp³-hybridized carbons (Fsp3) is 0.250. The fourth-order valence-corrected chi connectivity index (χ4v) is 4.84. The van der Waals surface area contributed by atoms with Gasteiger partial charge in [-0.3, -0.25) is 0 Å². The first-order valence-electron chi connectivity index (χ1n) is 8.24. The molecule has 2 aromatic rings. The van der Waals surface area contributed by atoms with Crippen LogP contribution in [0, 0.1) is 11.6 Å². The monoisotopic (exact) mass is 410 g/mol. The summed E-state index contributed by atoms with van der Waals surface area (Å²) in [5, 5.41) is 10.2. The third-order valence-electron chi connectivity index (χ3n) is 4.61. The van der Waals surface area contributed by atoms with E-state index in [0.717, 1.165) is 23.1 Å². The lowest BCUT2D eigenvalue weighted by Crippen LogP contribution is -2.31.